The molecule has 112 valence electrons. The largest absolute Gasteiger partial charge is 0.478 e. The number of anilines is 2. The SMILES string of the molecule is NC(=O)c1cccnc1N1CC(C(=O)O)Oc2ccccc21. The molecule has 1 aliphatic heterocycles. The average Bonchev–Trinajstić information content (AvgIpc) is 2.53. The topological polar surface area (TPSA) is 106 Å². The summed E-state index contributed by atoms with van der Waals surface area (Å²) in [7, 11) is 0. The van der Waals surface area contributed by atoms with E-state index in [4.69, 9.17) is 10.5 Å². The van der Waals surface area contributed by atoms with Gasteiger partial charge < -0.3 is 20.5 Å². The molecule has 1 aromatic carbocycles. The van der Waals surface area contributed by atoms with E-state index in [-0.39, 0.29) is 12.1 Å². The third-order valence-corrected chi connectivity index (χ3v) is 3.36. The van der Waals surface area contributed by atoms with Gasteiger partial charge in [0.05, 0.1) is 17.8 Å². The average molecular weight is 299 g/mol. The van der Waals surface area contributed by atoms with Crippen molar-refractivity contribution in [1.29, 1.82) is 0 Å². The van der Waals surface area contributed by atoms with Crippen LogP contribution >= 0.6 is 0 Å². The van der Waals surface area contributed by atoms with Gasteiger partial charge >= 0.3 is 5.97 Å². The van der Waals surface area contributed by atoms with E-state index in [1.165, 1.54) is 6.20 Å². The van der Waals surface area contributed by atoms with Gasteiger partial charge in [-0.15, -0.1) is 0 Å². The minimum absolute atomic E-state index is 0.0314. The minimum Gasteiger partial charge on any atom is -0.478 e. The van der Waals surface area contributed by atoms with Gasteiger partial charge in [0.1, 0.15) is 11.6 Å². The summed E-state index contributed by atoms with van der Waals surface area (Å²) in [5, 5.41) is 9.24. The van der Waals surface area contributed by atoms with Crippen LogP contribution in [0.3, 0.4) is 0 Å². The highest BCUT2D eigenvalue weighted by atomic mass is 16.5. The molecule has 3 N–H and O–H groups in total. The molecule has 2 aromatic rings. The molecule has 0 fully saturated rings. The van der Waals surface area contributed by atoms with Gasteiger partial charge in [-0.1, -0.05) is 12.1 Å². The molecule has 0 bridgehead atoms. The zero-order valence-electron chi connectivity index (χ0n) is 11.5. The smallest absolute Gasteiger partial charge is 0.346 e. The second-order valence-corrected chi connectivity index (χ2v) is 4.76. The van der Waals surface area contributed by atoms with Crippen LogP contribution in [0.1, 0.15) is 10.4 Å². The Hall–Kier alpha value is -3.09. The van der Waals surface area contributed by atoms with E-state index in [2.05, 4.69) is 4.98 Å². The van der Waals surface area contributed by atoms with Crippen molar-refractivity contribution < 1.29 is 19.4 Å². The number of pyridine rings is 1. The summed E-state index contributed by atoms with van der Waals surface area (Å²) in [6.45, 7) is 0.0314. The molecule has 1 aliphatic rings. The number of amides is 1. The first-order chi connectivity index (χ1) is 10.6. The van der Waals surface area contributed by atoms with Gasteiger partial charge in [-0.05, 0) is 24.3 Å². The van der Waals surface area contributed by atoms with Crippen LogP contribution in [-0.4, -0.2) is 34.6 Å². The maximum absolute atomic E-state index is 11.6. The molecule has 1 amide bonds. The van der Waals surface area contributed by atoms with Gasteiger partial charge in [0.2, 0.25) is 6.10 Å². The molecule has 0 radical (unpaired) electrons. The third kappa shape index (κ3) is 2.32. The fourth-order valence-corrected chi connectivity index (χ4v) is 2.37. The molecule has 7 nitrogen and oxygen atoms in total. The van der Waals surface area contributed by atoms with Crippen LogP contribution in [0, 0.1) is 0 Å². The van der Waals surface area contributed by atoms with Crippen molar-refractivity contribution in [2.24, 2.45) is 5.73 Å². The van der Waals surface area contributed by atoms with Crippen molar-refractivity contribution in [2.75, 3.05) is 11.4 Å². The fraction of sp³-hybridized carbons (Fsp3) is 0.133. The molecule has 0 saturated carbocycles. The summed E-state index contributed by atoms with van der Waals surface area (Å²) in [6, 6.07) is 10.1. The van der Waals surface area contributed by atoms with Gasteiger partial charge in [0.25, 0.3) is 5.91 Å². The predicted molar refractivity (Wildman–Crippen MR) is 78.3 cm³/mol. The Morgan fingerprint density at radius 1 is 1.27 bits per heavy atom. The number of para-hydroxylation sites is 2. The third-order valence-electron chi connectivity index (χ3n) is 3.36. The molecule has 2 heterocycles. The van der Waals surface area contributed by atoms with Crippen molar-refractivity contribution in [2.45, 2.75) is 6.10 Å². The van der Waals surface area contributed by atoms with Crippen molar-refractivity contribution in [3.8, 4) is 5.75 Å². The van der Waals surface area contributed by atoms with Gasteiger partial charge in [-0.25, -0.2) is 9.78 Å². The number of hydrogen-bond acceptors (Lipinski definition) is 5. The maximum atomic E-state index is 11.6. The van der Waals surface area contributed by atoms with Crippen LogP contribution in [0.4, 0.5) is 11.5 Å². The lowest BCUT2D eigenvalue weighted by molar-refractivity contribution is -0.144. The predicted octanol–water partition coefficient (Wildman–Crippen LogP) is 1.16. The van der Waals surface area contributed by atoms with Crippen LogP contribution in [-0.2, 0) is 4.79 Å². The molecule has 22 heavy (non-hydrogen) atoms. The summed E-state index contributed by atoms with van der Waals surface area (Å²) in [5.74, 6) is -0.978. The number of aliphatic carboxylic acids is 1. The molecular weight excluding hydrogens is 286 g/mol. The second kappa shape index (κ2) is 5.36. The molecule has 0 spiro atoms. The Morgan fingerprint density at radius 3 is 2.77 bits per heavy atom. The number of hydrogen-bond donors (Lipinski definition) is 2. The van der Waals surface area contributed by atoms with E-state index in [0.717, 1.165) is 0 Å². The fourth-order valence-electron chi connectivity index (χ4n) is 2.37. The molecule has 7 heteroatoms. The van der Waals surface area contributed by atoms with Crippen LogP contribution < -0.4 is 15.4 Å². The van der Waals surface area contributed by atoms with E-state index in [1.54, 1.807) is 41.3 Å². The van der Waals surface area contributed by atoms with E-state index in [9.17, 15) is 14.7 Å². The molecule has 3 rings (SSSR count). The van der Waals surface area contributed by atoms with E-state index in [1.807, 2.05) is 0 Å². The molecular formula is C15H13N3O4. The number of nitrogens with two attached hydrogens (primary N) is 1. The van der Waals surface area contributed by atoms with Crippen LogP contribution in [0.15, 0.2) is 42.6 Å². The van der Waals surface area contributed by atoms with Gasteiger partial charge in [0, 0.05) is 6.20 Å². The number of benzene rings is 1. The highest BCUT2D eigenvalue weighted by molar-refractivity contribution is 5.99. The number of ether oxygens (including phenoxy) is 1. The first kappa shape index (κ1) is 13.9. The zero-order chi connectivity index (χ0) is 15.7. The number of nitrogens with zero attached hydrogens (tertiary/aromatic N) is 2. The minimum atomic E-state index is -1.09. The number of carboxylic acids is 1. The van der Waals surface area contributed by atoms with Crippen LogP contribution in [0.25, 0.3) is 0 Å². The number of carbonyl (C=O) groups is 2. The van der Waals surface area contributed by atoms with Crippen LogP contribution in [0.5, 0.6) is 5.75 Å². The summed E-state index contributed by atoms with van der Waals surface area (Å²) in [5.41, 5.74) is 6.25. The monoisotopic (exact) mass is 299 g/mol. The van der Waals surface area contributed by atoms with Crippen molar-refractivity contribution in [3.05, 3.63) is 48.2 Å². The summed E-state index contributed by atoms with van der Waals surface area (Å²) in [4.78, 5) is 28.7. The van der Waals surface area contributed by atoms with Gasteiger partial charge in [-0.3, -0.25) is 4.79 Å². The second-order valence-electron chi connectivity index (χ2n) is 4.76. The Labute approximate surface area is 125 Å². The lowest BCUT2D eigenvalue weighted by Crippen LogP contribution is -2.43. The molecule has 1 aromatic heterocycles. The maximum Gasteiger partial charge on any atom is 0.346 e. The molecule has 1 unspecified atom stereocenters. The number of carbonyl (C=O) groups excluding carboxylic acids is 1. The Morgan fingerprint density at radius 2 is 2.05 bits per heavy atom. The van der Waals surface area contributed by atoms with E-state index < -0.39 is 18.0 Å². The highest BCUT2D eigenvalue weighted by Gasteiger charge is 2.33. The van der Waals surface area contributed by atoms with E-state index in [0.29, 0.717) is 17.3 Å². The number of primary amides is 1. The Balaban J connectivity index is 2.13. The normalized spacial score (nSPS) is 16.5. The number of aromatic nitrogens is 1. The van der Waals surface area contributed by atoms with Crippen molar-refractivity contribution in [1.82, 2.24) is 4.98 Å². The first-order valence-corrected chi connectivity index (χ1v) is 6.59. The van der Waals surface area contributed by atoms with E-state index >= 15 is 0 Å². The Kier molecular flexibility index (Phi) is 3.38. The van der Waals surface area contributed by atoms with Crippen molar-refractivity contribution >= 4 is 23.4 Å². The van der Waals surface area contributed by atoms with Crippen molar-refractivity contribution in [3.63, 3.8) is 0 Å². The Bertz CT molecular complexity index is 747. The lowest BCUT2D eigenvalue weighted by atomic mass is 10.1. The standard InChI is InChI=1S/C15H13N3O4/c16-13(19)9-4-3-7-17-14(9)18-8-12(15(20)21)22-11-6-2-1-5-10(11)18/h1-7,12H,8H2,(H2,16,19)(H,20,21). The molecule has 0 saturated heterocycles. The molecule has 0 aliphatic carbocycles. The summed E-state index contributed by atoms with van der Waals surface area (Å²) in [6.07, 6.45) is 0.466. The van der Waals surface area contributed by atoms with Crippen LogP contribution in [0.2, 0.25) is 0 Å². The highest BCUT2D eigenvalue weighted by Crippen LogP contribution is 2.38. The van der Waals surface area contributed by atoms with Gasteiger partial charge in [-0.2, -0.15) is 0 Å². The van der Waals surface area contributed by atoms with Gasteiger partial charge in [0.15, 0.2) is 0 Å². The summed E-state index contributed by atoms with van der Waals surface area (Å²) >= 11 is 0. The summed E-state index contributed by atoms with van der Waals surface area (Å²) < 4.78 is 5.46. The number of rotatable bonds is 3. The number of fused-ring (bicyclic) bond motifs is 1. The lowest BCUT2D eigenvalue weighted by Gasteiger charge is -2.34. The molecule has 1 atom stereocenters. The zero-order valence-corrected chi connectivity index (χ0v) is 11.5. The quantitative estimate of drug-likeness (QED) is 0.881. The number of carboxylic acid groups (broad SMARTS) is 1. The first-order valence-electron chi connectivity index (χ1n) is 6.59.